The molecule has 0 saturated carbocycles. The van der Waals surface area contributed by atoms with Crippen molar-refractivity contribution in [2.75, 3.05) is 4.90 Å². The summed E-state index contributed by atoms with van der Waals surface area (Å²) in [6.45, 7) is 2.01. The van der Waals surface area contributed by atoms with E-state index in [4.69, 9.17) is 23.8 Å². The summed E-state index contributed by atoms with van der Waals surface area (Å²) in [6, 6.07) is 18.5. The Balaban J connectivity index is 1.76. The highest BCUT2D eigenvalue weighted by atomic mass is 35.5. The van der Waals surface area contributed by atoms with Gasteiger partial charge in [-0.15, -0.1) is 0 Å². The van der Waals surface area contributed by atoms with Gasteiger partial charge in [0.25, 0.3) is 11.8 Å². The van der Waals surface area contributed by atoms with Gasteiger partial charge in [-0.1, -0.05) is 41.4 Å². The molecule has 1 N–H and O–H groups in total. The lowest BCUT2D eigenvalue weighted by molar-refractivity contribution is -0.122. The summed E-state index contributed by atoms with van der Waals surface area (Å²) >= 11 is 11.5. The van der Waals surface area contributed by atoms with Crippen LogP contribution in [0.25, 0.3) is 11.8 Å². The van der Waals surface area contributed by atoms with Crippen LogP contribution in [0.2, 0.25) is 5.02 Å². The zero-order valence-electron chi connectivity index (χ0n) is 15.4. The molecule has 7 heteroatoms. The Hall–Kier alpha value is -3.22. The lowest BCUT2D eigenvalue weighted by Crippen LogP contribution is -2.54. The average Bonchev–Trinajstić information content (AvgIpc) is 3.15. The van der Waals surface area contributed by atoms with Gasteiger partial charge in [-0.05, 0) is 61.6 Å². The third-order valence-corrected chi connectivity index (χ3v) is 5.18. The van der Waals surface area contributed by atoms with Gasteiger partial charge in [0.15, 0.2) is 5.11 Å². The van der Waals surface area contributed by atoms with Gasteiger partial charge in [0, 0.05) is 17.6 Å². The maximum atomic E-state index is 13.2. The number of carbonyl (C=O) groups is 2. The van der Waals surface area contributed by atoms with Gasteiger partial charge in [0.2, 0.25) is 0 Å². The fourth-order valence-corrected chi connectivity index (χ4v) is 3.60. The third kappa shape index (κ3) is 3.60. The van der Waals surface area contributed by atoms with Gasteiger partial charge in [0.1, 0.15) is 5.57 Å². The van der Waals surface area contributed by atoms with E-state index >= 15 is 0 Å². The number of rotatable bonds is 3. The van der Waals surface area contributed by atoms with Crippen molar-refractivity contribution in [1.82, 2.24) is 9.88 Å². The second-order valence-electron chi connectivity index (χ2n) is 6.55. The molecule has 0 aliphatic carbocycles. The van der Waals surface area contributed by atoms with Crippen molar-refractivity contribution in [3.8, 4) is 5.69 Å². The molecule has 1 aromatic heterocycles. The molecule has 1 aliphatic rings. The number of thiocarbonyl (C=S) groups is 1. The van der Waals surface area contributed by atoms with Crippen molar-refractivity contribution in [3.05, 3.63) is 88.7 Å². The summed E-state index contributed by atoms with van der Waals surface area (Å²) in [4.78, 5) is 26.9. The molecule has 1 fully saturated rings. The SMILES string of the molecule is Cc1ccc(-n2cccc2/C=C2\C(=O)NC(=S)N(c3ccccc3Cl)C2=O)cc1. The second-order valence-corrected chi connectivity index (χ2v) is 7.34. The van der Waals surface area contributed by atoms with Gasteiger partial charge in [-0.3, -0.25) is 19.8 Å². The fourth-order valence-electron chi connectivity index (χ4n) is 3.11. The minimum Gasteiger partial charge on any atom is -0.317 e. The minimum absolute atomic E-state index is 0.000771. The first kappa shape index (κ1) is 19.1. The van der Waals surface area contributed by atoms with Crippen LogP contribution in [0.1, 0.15) is 11.3 Å². The van der Waals surface area contributed by atoms with Gasteiger partial charge in [-0.25, -0.2) is 0 Å². The van der Waals surface area contributed by atoms with Crippen molar-refractivity contribution in [3.63, 3.8) is 0 Å². The van der Waals surface area contributed by atoms with Gasteiger partial charge >= 0.3 is 0 Å². The number of halogens is 1. The van der Waals surface area contributed by atoms with Crippen LogP contribution in [0.3, 0.4) is 0 Å². The van der Waals surface area contributed by atoms with Gasteiger partial charge in [0.05, 0.1) is 10.7 Å². The molecule has 3 aromatic rings. The molecule has 0 spiro atoms. The highest BCUT2D eigenvalue weighted by Gasteiger charge is 2.35. The average molecular weight is 422 g/mol. The number of carbonyl (C=O) groups excluding carboxylic acids is 2. The van der Waals surface area contributed by atoms with Crippen LogP contribution >= 0.6 is 23.8 Å². The summed E-state index contributed by atoms with van der Waals surface area (Å²) < 4.78 is 1.90. The summed E-state index contributed by atoms with van der Waals surface area (Å²) in [7, 11) is 0. The first-order valence-corrected chi connectivity index (χ1v) is 9.65. The van der Waals surface area contributed by atoms with Crippen molar-refractivity contribution < 1.29 is 9.59 Å². The number of hydrogen-bond acceptors (Lipinski definition) is 3. The molecule has 2 aromatic carbocycles. The zero-order chi connectivity index (χ0) is 20.5. The molecular weight excluding hydrogens is 406 g/mol. The van der Waals surface area contributed by atoms with Crippen LogP contribution < -0.4 is 10.2 Å². The Morgan fingerprint density at radius 2 is 1.72 bits per heavy atom. The lowest BCUT2D eigenvalue weighted by Gasteiger charge is -2.29. The normalized spacial score (nSPS) is 15.7. The number of benzene rings is 2. The van der Waals surface area contributed by atoms with Crippen molar-refractivity contribution in [1.29, 1.82) is 0 Å². The molecule has 1 aliphatic heterocycles. The van der Waals surface area contributed by atoms with Gasteiger partial charge in [-0.2, -0.15) is 0 Å². The number of para-hydroxylation sites is 1. The van der Waals surface area contributed by atoms with Crippen LogP contribution in [-0.2, 0) is 9.59 Å². The topological polar surface area (TPSA) is 54.3 Å². The quantitative estimate of drug-likeness (QED) is 0.390. The monoisotopic (exact) mass is 421 g/mol. The molecule has 0 radical (unpaired) electrons. The molecule has 0 bridgehead atoms. The molecule has 1 saturated heterocycles. The van der Waals surface area contributed by atoms with E-state index in [0.29, 0.717) is 16.4 Å². The molecule has 4 rings (SSSR count). The van der Waals surface area contributed by atoms with Crippen LogP contribution in [0, 0.1) is 6.92 Å². The van der Waals surface area contributed by atoms with E-state index < -0.39 is 11.8 Å². The summed E-state index contributed by atoms with van der Waals surface area (Å²) in [5.74, 6) is -1.07. The van der Waals surface area contributed by atoms with Crippen LogP contribution in [-0.4, -0.2) is 21.5 Å². The van der Waals surface area contributed by atoms with E-state index in [1.54, 1.807) is 30.3 Å². The predicted molar refractivity (Wildman–Crippen MR) is 118 cm³/mol. The number of nitrogens with zero attached hydrogens (tertiary/aromatic N) is 2. The molecule has 29 heavy (non-hydrogen) atoms. The van der Waals surface area contributed by atoms with Crippen molar-refractivity contribution >= 4 is 52.5 Å². The van der Waals surface area contributed by atoms with E-state index in [1.807, 2.05) is 54.1 Å². The molecule has 2 heterocycles. The first-order valence-electron chi connectivity index (χ1n) is 8.86. The summed E-state index contributed by atoms with van der Waals surface area (Å²) in [5.41, 5.74) is 3.16. The second kappa shape index (κ2) is 7.66. The maximum absolute atomic E-state index is 13.2. The van der Waals surface area contributed by atoms with Gasteiger partial charge < -0.3 is 4.57 Å². The van der Waals surface area contributed by atoms with Crippen LogP contribution in [0.15, 0.2) is 72.4 Å². The standard InChI is InChI=1S/C22H16ClN3O2S/c1-14-8-10-15(11-9-14)25-12-4-5-16(25)13-17-20(27)24-22(29)26(21(17)28)19-7-3-2-6-18(19)23/h2-13H,1H3,(H,24,27,29)/b17-13+. The number of nitrogens with one attached hydrogen (secondary N) is 1. The largest absolute Gasteiger partial charge is 0.317 e. The summed E-state index contributed by atoms with van der Waals surface area (Å²) in [6.07, 6.45) is 3.43. The molecule has 0 atom stereocenters. The lowest BCUT2D eigenvalue weighted by atomic mass is 10.1. The highest BCUT2D eigenvalue weighted by molar-refractivity contribution is 7.80. The molecule has 2 amide bonds. The molecular formula is C22H16ClN3O2S. The Morgan fingerprint density at radius 3 is 2.45 bits per heavy atom. The molecule has 0 unspecified atom stereocenters. The number of hydrogen-bond donors (Lipinski definition) is 1. The molecule has 144 valence electrons. The van der Waals surface area contributed by atoms with E-state index in [0.717, 1.165) is 11.3 Å². The number of aryl methyl sites for hydroxylation is 1. The zero-order valence-corrected chi connectivity index (χ0v) is 17.0. The highest BCUT2D eigenvalue weighted by Crippen LogP contribution is 2.29. The predicted octanol–water partition coefficient (Wildman–Crippen LogP) is 4.27. The molecule has 5 nitrogen and oxygen atoms in total. The Bertz CT molecular complexity index is 1160. The Labute approximate surface area is 178 Å². The smallest absolute Gasteiger partial charge is 0.270 e. The number of amides is 2. The van der Waals surface area contributed by atoms with Crippen LogP contribution in [0.5, 0.6) is 0 Å². The van der Waals surface area contributed by atoms with Crippen molar-refractivity contribution in [2.24, 2.45) is 0 Å². The third-order valence-electron chi connectivity index (χ3n) is 4.58. The van der Waals surface area contributed by atoms with E-state index in [9.17, 15) is 9.59 Å². The van der Waals surface area contributed by atoms with Crippen LogP contribution in [0.4, 0.5) is 5.69 Å². The number of aromatic nitrogens is 1. The first-order chi connectivity index (χ1) is 14.0. The summed E-state index contributed by atoms with van der Waals surface area (Å²) in [5, 5.41) is 2.94. The Morgan fingerprint density at radius 1 is 1.00 bits per heavy atom. The fraction of sp³-hybridized carbons (Fsp3) is 0.0455. The van der Waals surface area contributed by atoms with E-state index in [1.165, 1.54) is 4.90 Å². The minimum atomic E-state index is -0.542. The van der Waals surface area contributed by atoms with E-state index in [-0.39, 0.29) is 10.7 Å². The maximum Gasteiger partial charge on any atom is 0.270 e. The number of anilines is 1. The Kier molecular flexibility index (Phi) is 5.05. The van der Waals surface area contributed by atoms with Crippen molar-refractivity contribution in [2.45, 2.75) is 6.92 Å². The van der Waals surface area contributed by atoms with E-state index in [2.05, 4.69) is 5.32 Å².